The molecule has 0 bridgehead atoms. The van der Waals surface area contributed by atoms with Gasteiger partial charge in [-0.05, 0) is 60.0 Å². The van der Waals surface area contributed by atoms with Gasteiger partial charge < -0.3 is 10.2 Å². The molecule has 3 rings (SSSR count). The van der Waals surface area contributed by atoms with Gasteiger partial charge in [-0.1, -0.05) is 29.8 Å². The van der Waals surface area contributed by atoms with Gasteiger partial charge in [0.1, 0.15) is 0 Å². The molecule has 25 heavy (non-hydrogen) atoms. The number of rotatable bonds is 3. The summed E-state index contributed by atoms with van der Waals surface area (Å²) in [5, 5.41) is 2.97. The van der Waals surface area contributed by atoms with Crippen molar-refractivity contribution in [3.63, 3.8) is 0 Å². The average Bonchev–Trinajstić information content (AvgIpc) is 2.64. The first kappa shape index (κ1) is 17.7. The second-order valence-corrected chi connectivity index (χ2v) is 7.26. The predicted octanol–water partition coefficient (Wildman–Crippen LogP) is 4.25. The lowest BCUT2D eigenvalue weighted by atomic mass is 9.95. The number of likely N-dealkylation sites (tertiary alicyclic amines) is 1. The lowest BCUT2D eigenvalue weighted by molar-refractivity contribution is -0.121. The van der Waals surface area contributed by atoms with Gasteiger partial charge in [0.05, 0.1) is 5.69 Å². The van der Waals surface area contributed by atoms with E-state index in [9.17, 15) is 9.59 Å². The molecule has 0 aromatic heterocycles. The third-order valence-corrected chi connectivity index (χ3v) is 5.27. The number of hydrogen-bond donors (Lipinski definition) is 1. The Hall–Kier alpha value is -2.14. The van der Waals surface area contributed by atoms with Crippen LogP contribution in [0.25, 0.3) is 0 Å². The summed E-state index contributed by atoms with van der Waals surface area (Å²) in [6, 6.07) is 15.2. The number of hydrogen-bond acceptors (Lipinski definition) is 2. The zero-order valence-corrected chi connectivity index (χ0v) is 15.8. The number of nitrogens with zero attached hydrogens (tertiary/aromatic N) is 1. The maximum Gasteiger partial charge on any atom is 0.253 e. The van der Waals surface area contributed by atoms with Gasteiger partial charge in [-0.25, -0.2) is 0 Å². The van der Waals surface area contributed by atoms with E-state index in [-0.39, 0.29) is 17.7 Å². The fourth-order valence-corrected chi connectivity index (χ4v) is 3.40. The Bertz CT molecular complexity index is 766. The Balaban J connectivity index is 1.56. The van der Waals surface area contributed by atoms with Crippen LogP contribution in [0.4, 0.5) is 5.69 Å². The van der Waals surface area contributed by atoms with Crippen LogP contribution in [0.2, 0.25) is 0 Å². The molecule has 1 saturated heterocycles. The number of carbonyl (C=O) groups is 2. The molecule has 2 aromatic rings. The SMILES string of the molecule is Cc1ccc(C(=O)N2CCC(C(=O)Nc3ccccc3Br)CC2)cc1. The molecular weight excluding hydrogens is 380 g/mol. The quantitative estimate of drug-likeness (QED) is 0.836. The van der Waals surface area contributed by atoms with Crippen molar-refractivity contribution in [2.24, 2.45) is 5.92 Å². The van der Waals surface area contributed by atoms with E-state index in [2.05, 4.69) is 21.2 Å². The summed E-state index contributed by atoms with van der Waals surface area (Å²) in [6.45, 7) is 3.23. The lowest BCUT2D eigenvalue weighted by Gasteiger charge is -2.31. The highest BCUT2D eigenvalue weighted by molar-refractivity contribution is 9.10. The van der Waals surface area contributed by atoms with Crippen LogP contribution in [-0.2, 0) is 4.79 Å². The minimum absolute atomic E-state index is 0.0225. The number of carbonyl (C=O) groups excluding carboxylic acids is 2. The lowest BCUT2D eigenvalue weighted by Crippen LogP contribution is -2.41. The molecule has 0 unspecified atom stereocenters. The van der Waals surface area contributed by atoms with Crippen LogP contribution in [0.1, 0.15) is 28.8 Å². The second-order valence-electron chi connectivity index (χ2n) is 6.40. The number of amides is 2. The second kappa shape index (κ2) is 7.83. The summed E-state index contributed by atoms with van der Waals surface area (Å²) in [5.74, 6) is 0.00757. The van der Waals surface area contributed by atoms with Crippen molar-refractivity contribution in [2.75, 3.05) is 18.4 Å². The molecule has 1 aliphatic rings. The Kier molecular flexibility index (Phi) is 5.53. The van der Waals surface area contributed by atoms with Crippen molar-refractivity contribution < 1.29 is 9.59 Å². The van der Waals surface area contributed by atoms with Crippen LogP contribution in [0.3, 0.4) is 0 Å². The number of piperidine rings is 1. The first-order chi connectivity index (χ1) is 12.0. The Morgan fingerprint density at radius 1 is 1.04 bits per heavy atom. The zero-order chi connectivity index (χ0) is 17.8. The van der Waals surface area contributed by atoms with Crippen LogP contribution in [-0.4, -0.2) is 29.8 Å². The number of halogens is 1. The Morgan fingerprint density at radius 2 is 1.68 bits per heavy atom. The van der Waals surface area contributed by atoms with Crippen LogP contribution in [0.15, 0.2) is 53.0 Å². The largest absolute Gasteiger partial charge is 0.339 e. The summed E-state index contributed by atoms with van der Waals surface area (Å²) in [4.78, 5) is 26.9. The molecule has 1 fully saturated rings. The first-order valence-corrected chi connectivity index (χ1v) is 9.25. The van der Waals surface area contributed by atoms with Crippen LogP contribution >= 0.6 is 15.9 Å². The van der Waals surface area contributed by atoms with Crippen molar-refractivity contribution in [1.82, 2.24) is 4.90 Å². The molecule has 0 aliphatic carbocycles. The van der Waals surface area contributed by atoms with E-state index in [0.29, 0.717) is 31.5 Å². The van der Waals surface area contributed by atoms with Gasteiger partial charge in [-0.3, -0.25) is 9.59 Å². The number of benzene rings is 2. The van der Waals surface area contributed by atoms with E-state index >= 15 is 0 Å². The molecule has 1 heterocycles. The molecule has 0 atom stereocenters. The summed E-state index contributed by atoms with van der Waals surface area (Å²) in [5.41, 5.74) is 2.63. The molecule has 1 aliphatic heterocycles. The maximum atomic E-state index is 12.5. The highest BCUT2D eigenvalue weighted by Gasteiger charge is 2.28. The molecule has 130 valence electrons. The smallest absolute Gasteiger partial charge is 0.253 e. The number of anilines is 1. The predicted molar refractivity (Wildman–Crippen MR) is 103 cm³/mol. The maximum absolute atomic E-state index is 12.5. The topological polar surface area (TPSA) is 49.4 Å². The molecule has 0 radical (unpaired) electrons. The zero-order valence-electron chi connectivity index (χ0n) is 14.2. The number of nitrogens with one attached hydrogen (secondary N) is 1. The fraction of sp³-hybridized carbons (Fsp3) is 0.300. The van der Waals surface area contributed by atoms with Crippen molar-refractivity contribution in [1.29, 1.82) is 0 Å². The molecule has 2 aromatic carbocycles. The fourth-order valence-electron chi connectivity index (χ4n) is 3.02. The normalized spacial score (nSPS) is 15.0. The summed E-state index contributed by atoms with van der Waals surface area (Å²) < 4.78 is 0.871. The summed E-state index contributed by atoms with van der Waals surface area (Å²) >= 11 is 3.44. The minimum atomic E-state index is -0.0610. The third-order valence-electron chi connectivity index (χ3n) is 4.58. The molecule has 5 heteroatoms. The Morgan fingerprint density at radius 3 is 2.32 bits per heavy atom. The van der Waals surface area contributed by atoms with Crippen LogP contribution in [0, 0.1) is 12.8 Å². The standard InChI is InChI=1S/C20H21BrN2O2/c1-14-6-8-16(9-7-14)20(25)23-12-10-15(11-13-23)19(24)22-18-5-3-2-4-17(18)21/h2-9,15H,10-13H2,1H3,(H,22,24). The average molecular weight is 401 g/mol. The van der Waals surface area contributed by atoms with Gasteiger partial charge in [0.25, 0.3) is 5.91 Å². The molecule has 0 saturated carbocycles. The van der Waals surface area contributed by atoms with E-state index in [1.807, 2.05) is 60.4 Å². The van der Waals surface area contributed by atoms with E-state index in [0.717, 1.165) is 15.7 Å². The highest BCUT2D eigenvalue weighted by atomic mass is 79.9. The van der Waals surface area contributed by atoms with Gasteiger partial charge in [-0.2, -0.15) is 0 Å². The minimum Gasteiger partial charge on any atom is -0.339 e. The van der Waals surface area contributed by atoms with E-state index in [4.69, 9.17) is 0 Å². The van der Waals surface area contributed by atoms with Crippen LogP contribution in [0.5, 0.6) is 0 Å². The molecule has 4 nitrogen and oxygen atoms in total. The van der Waals surface area contributed by atoms with E-state index < -0.39 is 0 Å². The molecule has 1 N–H and O–H groups in total. The van der Waals surface area contributed by atoms with Crippen molar-refractivity contribution >= 4 is 33.4 Å². The first-order valence-electron chi connectivity index (χ1n) is 8.46. The van der Waals surface area contributed by atoms with Gasteiger partial charge in [0, 0.05) is 29.0 Å². The molecular formula is C20H21BrN2O2. The Labute approximate surface area is 156 Å². The number of para-hydroxylation sites is 1. The van der Waals surface area contributed by atoms with Crippen molar-refractivity contribution in [3.8, 4) is 0 Å². The molecule has 0 spiro atoms. The van der Waals surface area contributed by atoms with Crippen LogP contribution < -0.4 is 5.32 Å². The third kappa shape index (κ3) is 4.28. The highest BCUT2D eigenvalue weighted by Crippen LogP contribution is 2.25. The van der Waals surface area contributed by atoms with Gasteiger partial charge in [-0.15, -0.1) is 0 Å². The summed E-state index contributed by atoms with van der Waals surface area (Å²) in [6.07, 6.45) is 1.38. The van der Waals surface area contributed by atoms with E-state index in [1.165, 1.54) is 0 Å². The van der Waals surface area contributed by atoms with E-state index in [1.54, 1.807) is 0 Å². The summed E-state index contributed by atoms with van der Waals surface area (Å²) in [7, 11) is 0. The van der Waals surface area contributed by atoms with Gasteiger partial charge >= 0.3 is 0 Å². The van der Waals surface area contributed by atoms with Gasteiger partial charge in [0.2, 0.25) is 5.91 Å². The van der Waals surface area contributed by atoms with Crippen molar-refractivity contribution in [3.05, 3.63) is 64.1 Å². The molecule has 2 amide bonds. The van der Waals surface area contributed by atoms with Gasteiger partial charge in [0.15, 0.2) is 0 Å². The number of aryl methyl sites for hydroxylation is 1. The monoisotopic (exact) mass is 400 g/mol. The van der Waals surface area contributed by atoms with Crippen molar-refractivity contribution in [2.45, 2.75) is 19.8 Å².